The maximum atomic E-state index is 11.7. The molecule has 2 N–H and O–H groups in total. The first-order valence-electron chi connectivity index (χ1n) is 6.80. The number of carbonyl (C=O) groups is 1. The van der Waals surface area contributed by atoms with Crippen molar-refractivity contribution in [2.75, 3.05) is 31.1 Å². The normalized spacial score (nSPS) is 20.3. The summed E-state index contributed by atoms with van der Waals surface area (Å²) < 4.78 is 0. The molecular formula is C13H14Cl2N4O3. The van der Waals surface area contributed by atoms with Crippen molar-refractivity contribution in [3.8, 4) is 0 Å². The van der Waals surface area contributed by atoms with E-state index in [9.17, 15) is 14.9 Å². The second-order valence-electron chi connectivity index (χ2n) is 5.61. The van der Waals surface area contributed by atoms with Gasteiger partial charge in [0, 0.05) is 44.7 Å². The highest BCUT2D eigenvalue weighted by molar-refractivity contribution is 6.39. The number of hydrogen-bond acceptors (Lipinski definition) is 5. The van der Waals surface area contributed by atoms with Crippen LogP contribution in [-0.4, -0.2) is 42.5 Å². The molecule has 3 rings (SSSR count). The van der Waals surface area contributed by atoms with Gasteiger partial charge in [0.2, 0.25) is 5.91 Å². The minimum atomic E-state index is -0.531. The Kier molecular flexibility index (Phi) is 3.88. The van der Waals surface area contributed by atoms with Gasteiger partial charge in [0.05, 0.1) is 26.2 Å². The predicted molar refractivity (Wildman–Crippen MR) is 83.7 cm³/mol. The Morgan fingerprint density at radius 1 is 1.23 bits per heavy atom. The third-order valence-electron chi connectivity index (χ3n) is 3.96. The lowest BCUT2D eigenvalue weighted by atomic mass is 9.85. The Morgan fingerprint density at radius 2 is 1.86 bits per heavy atom. The lowest BCUT2D eigenvalue weighted by Crippen LogP contribution is -2.70. The molecule has 0 saturated carbocycles. The summed E-state index contributed by atoms with van der Waals surface area (Å²) >= 11 is 12.3. The molecule has 118 valence electrons. The summed E-state index contributed by atoms with van der Waals surface area (Å²) in [6.45, 7) is 2.48. The van der Waals surface area contributed by atoms with Crippen LogP contribution in [0, 0.1) is 10.1 Å². The summed E-state index contributed by atoms with van der Waals surface area (Å²) in [6, 6.07) is 2.59. The van der Waals surface area contributed by atoms with Gasteiger partial charge in [-0.3, -0.25) is 14.9 Å². The van der Waals surface area contributed by atoms with Gasteiger partial charge in [-0.25, -0.2) is 0 Å². The molecule has 2 aliphatic rings. The van der Waals surface area contributed by atoms with E-state index in [0.717, 1.165) is 0 Å². The van der Waals surface area contributed by atoms with Crippen molar-refractivity contribution in [2.45, 2.75) is 12.0 Å². The molecule has 0 unspecified atom stereocenters. The molecule has 0 radical (unpaired) electrons. The van der Waals surface area contributed by atoms with Gasteiger partial charge in [-0.15, -0.1) is 0 Å². The molecular weight excluding hydrogens is 331 g/mol. The average molecular weight is 345 g/mol. The summed E-state index contributed by atoms with van der Waals surface area (Å²) in [5.41, 5.74) is 0.154. The quantitative estimate of drug-likeness (QED) is 0.628. The van der Waals surface area contributed by atoms with Crippen LogP contribution >= 0.6 is 23.2 Å². The minimum absolute atomic E-state index is 0.0190. The van der Waals surface area contributed by atoms with E-state index in [0.29, 0.717) is 38.3 Å². The van der Waals surface area contributed by atoms with Crippen LogP contribution in [-0.2, 0) is 4.79 Å². The van der Waals surface area contributed by atoms with Gasteiger partial charge in [0.15, 0.2) is 0 Å². The largest absolute Gasteiger partial charge is 0.365 e. The van der Waals surface area contributed by atoms with Crippen molar-refractivity contribution in [3.05, 3.63) is 32.3 Å². The lowest BCUT2D eigenvalue weighted by molar-refractivity contribution is -0.384. The van der Waals surface area contributed by atoms with E-state index < -0.39 is 4.92 Å². The van der Waals surface area contributed by atoms with Crippen molar-refractivity contribution in [3.63, 3.8) is 0 Å². The van der Waals surface area contributed by atoms with Crippen LogP contribution in [0.4, 0.5) is 11.4 Å². The third kappa shape index (κ3) is 2.71. The first kappa shape index (κ1) is 15.3. The van der Waals surface area contributed by atoms with Gasteiger partial charge in [-0.1, -0.05) is 23.2 Å². The van der Waals surface area contributed by atoms with E-state index in [1.54, 1.807) is 0 Å². The summed E-state index contributed by atoms with van der Waals surface area (Å²) in [6.07, 6.45) is 0.395. The fraction of sp³-hybridized carbons (Fsp3) is 0.462. The highest BCUT2D eigenvalue weighted by Crippen LogP contribution is 2.42. The second kappa shape index (κ2) is 5.57. The predicted octanol–water partition coefficient (Wildman–Crippen LogP) is 1.57. The van der Waals surface area contributed by atoms with Gasteiger partial charge in [-0.2, -0.15) is 0 Å². The van der Waals surface area contributed by atoms with Crippen molar-refractivity contribution in [1.29, 1.82) is 0 Å². The smallest absolute Gasteiger partial charge is 0.272 e. The zero-order chi connectivity index (χ0) is 15.9. The van der Waals surface area contributed by atoms with Crippen LogP contribution < -0.4 is 15.5 Å². The maximum absolute atomic E-state index is 11.7. The number of nitrogens with one attached hydrogen (secondary N) is 2. The zero-order valence-corrected chi connectivity index (χ0v) is 13.1. The third-order valence-corrected chi connectivity index (χ3v) is 4.54. The maximum Gasteiger partial charge on any atom is 0.272 e. The fourth-order valence-corrected chi connectivity index (χ4v) is 3.70. The Morgan fingerprint density at radius 3 is 2.45 bits per heavy atom. The number of hydrogen-bond donors (Lipinski definition) is 2. The molecule has 2 saturated heterocycles. The van der Waals surface area contributed by atoms with Gasteiger partial charge >= 0.3 is 0 Å². The molecule has 0 atom stereocenters. The number of anilines is 1. The van der Waals surface area contributed by atoms with Crippen molar-refractivity contribution >= 4 is 40.5 Å². The van der Waals surface area contributed by atoms with Crippen LogP contribution in [0.3, 0.4) is 0 Å². The van der Waals surface area contributed by atoms with E-state index in [4.69, 9.17) is 23.2 Å². The SMILES string of the molecule is O=C1CC2(CN(c3c(Cl)cc([N+](=O)[O-])cc3Cl)C2)NCCN1. The fourth-order valence-electron chi connectivity index (χ4n) is 2.99. The van der Waals surface area contributed by atoms with E-state index >= 15 is 0 Å². The highest BCUT2D eigenvalue weighted by atomic mass is 35.5. The van der Waals surface area contributed by atoms with Gasteiger partial charge in [-0.05, 0) is 0 Å². The standard InChI is InChI=1S/C13H14Cl2N4O3/c14-9-3-8(19(21)22)4-10(15)12(9)18-6-13(7-18)5-11(20)16-1-2-17-13/h3-4,17H,1-2,5-7H2,(H,16,20). The van der Waals surface area contributed by atoms with Crippen LogP contribution in [0.5, 0.6) is 0 Å². The monoisotopic (exact) mass is 344 g/mol. The van der Waals surface area contributed by atoms with Crippen molar-refractivity contribution in [2.24, 2.45) is 0 Å². The van der Waals surface area contributed by atoms with Gasteiger partial charge < -0.3 is 15.5 Å². The molecule has 22 heavy (non-hydrogen) atoms. The Bertz CT molecular complexity index is 623. The van der Waals surface area contributed by atoms with Crippen LogP contribution in [0.25, 0.3) is 0 Å². The van der Waals surface area contributed by atoms with Crippen LogP contribution in [0.15, 0.2) is 12.1 Å². The summed E-state index contributed by atoms with van der Waals surface area (Å²) in [7, 11) is 0. The Labute approximate surface area is 136 Å². The Hall–Kier alpha value is -1.57. The summed E-state index contributed by atoms with van der Waals surface area (Å²) in [5.74, 6) is 0.0190. The average Bonchev–Trinajstić information content (AvgIpc) is 2.59. The summed E-state index contributed by atoms with van der Waals surface area (Å²) in [4.78, 5) is 23.9. The number of nitro benzene ring substituents is 1. The minimum Gasteiger partial charge on any atom is -0.365 e. The highest BCUT2D eigenvalue weighted by Gasteiger charge is 2.46. The van der Waals surface area contributed by atoms with E-state index in [2.05, 4.69) is 10.6 Å². The molecule has 1 amide bonds. The van der Waals surface area contributed by atoms with E-state index in [1.807, 2.05) is 4.90 Å². The molecule has 1 spiro atoms. The topological polar surface area (TPSA) is 87.5 Å². The zero-order valence-electron chi connectivity index (χ0n) is 11.6. The van der Waals surface area contributed by atoms with Crippen molar-refractivity contribution < 1.29 is 9.72 Å². The molecule has 7 nitrogen and oxygen atoms in total. The molecule has 0 aliphatic carbocycles. The molecule has 2 aliphatic heterocycles. The second-order valence-corrected chi connectivity index (χ2v) is 6.42. The van der Waals surface area contributed by atoms with Gasteiger partial charge in [0.25, 0.3) is 5.69 Å². The number of benzene rings is 1. The number of nitro groups is 1. The lowest BCUT2D eigenvalue weighted by Gasteiger charge is -2.51. The van der Waals surface area contributed by atoms with E-state index in [1.165, 1.54) is 12.1 Å². The Balaban J connectivity index is 1.80. The molecule has 0 bridgehead atoms. The van der Waals surface area contributed by atoms with Crippen LogP contribution in [0.2, 0.25) is 10.0 Å². The summed E-state index contributed by atoms with van der Waals surface area (Å²) in [5, 5.41) is 17.5. The number of amides is 1. The number of non-ortho nitro benzene ring substituents is 1. The number of halogens is 2. The molecule has 2 heterocycles. The first-order valence-corrected chi connectivity index (χ1v) is 7.56. The molecule has 9 heteroatoms. The molecule has 0 aromatic heterocycles. The van der Waals surface area contributed by atoms with Crippen molar-refractivity contribution in [1.82, 2.24) is 10.6 Å². The van der Waals surface area contributed by atoms with Gasteiger partial charge in [0.1, 0.15) is 0 Å². The van der Waals surface area contributed by atoms with Crippen LogP contribution in [0.1, 0.15) is 6.42 Å². The molecule has 2 fully saturated rings. The number of carbonyl (C=O) groups excluding carboxylic acids is 1. The first-order chi connectivity index (χ1) is 10.4. The number of nitrogens with zero attached hydrogens (tertiary/aromatic N) is 2. The molecule has 1 aromatic carbocycles. The van der Waals surface area contributed by atoms with E-state index in [-0.39, 0.29) is 27.2 Å². The molecule has 1 aromatic rings. The number of rotatable bonds is 2.